The van der Waals surface area contributed by atoms with Crippen molar-refractivity contribution in [3.05, 3.63) is 0 Å². The van der Waals surface area contributed by atoms with Crippen LogP contribution in [0.15, 0.2) is 0 Å². The van der Waals surface area contributed by atoms with Crippen LogP contribution >= 0.6 is 16.1 Å². The molecule has 0 aromatic rings. The van der Waals surface area contributed by atoms with E-state index in [1.54, 1.807) is 0 Å². The molecule has 2 N–H and O–H groups in total. The highest BCUT2D eigenvalue weighted by atomic mass is 31.1. The van der Waals surface area contributed by atoms with Crippen molar-refractivity contribution in [2.75, 3.05) is 33.1 Å². The number of amides is 1. The van der Waals surface area contributed by atoms with Gasteiger partial charge in [0.25, 0.3) is 5.91 Å². The fourth-order valence-corrected chi connectivity index (χ4v) is 1.22. The molecule has 0 spiro atoms. The van der Waals surface area contributed by atoms with Gasteiger partial charge in [-0.2, -0.15) is 0 Å². The molecule has 0 aromatic heterocycles. The maximum atomic E-state index is 10.9. The van der Waals surface area contributed by atoms with Crippen molar-refractivity contribution in [2.45, 2.75) is 0 Å². The summed E-state index contributed by atoms with van der Waals surface area (Å²) in [6, 6.07) is 0. The third-order valence-electron chi connectivity index (χ3n) is 1.11. The highest BCUT2D eigenvalue weighted by Crippen LogP contribution is 2.14. The van der Waals surface area contributed by atoms with Gasteiger partial charge in [0.15, 0.2) is 19.9 Å². The average molecular weight is 256 g/mol. The Morgan fingerprint density at radius 2 is 1.80 bits per heavy atom. The molecule has 0 bridgehead atoms. The van der Waals surface area contributed by atoms with E-state index in [0.29, 0.717) is 6.54 Å². The summed E-state index contributed by atoms with van der Waals surface area (Å²) in [5, 5.41) is 0. The van der Waals surface area contributed by atoms with Crippen molar-refractivity contribution in [3.8, 4) is 0 Å². The van der Waals surface area contributed by atoms with Gasteiger partial charge in [0, 0.05) is 6.54 Å². The fraction of sp³-hybridized carbons (Fsp3) is 0.833. The van der Waals surface area contributed by atoms with Crippen molar-refractivity contribution < 1.29 is 23.0 Å². The lowest BCUT2D eigenvalue weighted by Gasteiger charge is -2.02. The van der Waals surface area contributed by atoms with Crippen LogP contribution in [0, 0.1) is 0 Å². The molecule has 86 valence electrons. The van der Waals surface area contributed by atoms with Gasteiger partial charge in [-0.25, -0.2) is 5.43 Å². The van der Waals surface area contributed by atoms with Gasteiger partial charge in [0.05, 0.1) is 0 Å². The van der Waals surface area contributed by atoms with E-state index in [9.17, 15) is 13.9 Å². The predicted octanol–water partition coefficient (Wildman–Crippen LogP) is 0.385. The van der Waals surface area contributed by atoms with E-state index < -0.39 is 22.0 Å². The molecule has 0 saturated heterocycles. The Balaban J connectivity index is 3.31. The van der Waals surface area contributed by atoms with Crippen LogP contribution < -0.4 is 10.9 Å². The number of hydrogen-bond donors (Lipinski definition) is 2. The summed E-state index contributed by atoms with van der Waals surface area (Å²) in [6.07, 6.45) is 0. The number of rotatable bonds is 8. The molecule has 0 fully saturated rings. The van der Waals surface area contributed by atoms with Crippen molar-refractivity contribution >= 4 is 22.0 Å². The molecule has 0 aliphatic carbocycles. The van der Waals surface area contributed by atoms with Crippen LogP contribution in [0.25, 0.3) is 0 Å². The minimum absolute atomic E-state index is 0.231. The van der Waals surface area contributed by atoms with E-state index >= 15 is 0 Å². The lowest BCUT2D eigenvalue weighted by molar-refractivity contribution is -0.124. The van der Waals surface area contributed by atoms with Crippen LogP contribution in [-0.4, -0.2) is 39.0 Å². The van der Waals surface area contributed by atoms with Crippen LogP contribution in [0.3, 0.4) is 0 Å². The molecule has 0 aromatic carbocycles. The first-order chi connectivity index (χ1) is 7.02. The smallest absolute Gasteiger partial charge is 0.289 e. The van der Waals surface area contributed by atoms with Gasteiger partial charge in [-0.05, 0) is 9.13 Å². The molecule has 0 aliphatic rings. The average Bonchev–Trinajstić information content (AvgIpc) is 2.13. The van der Waals surface area contributed by atoms with Gasteiger partial charge in [0.2, 0.25) is 0 Å². The number of hydrazine groups is 1. The Kier molecular flexibility index (Phi) is 8.56. The first-order valence-corrected chi connectivity index (χ1v) is 7.36. The molecule has 7 nitrogen and oxygen atoms in total. The first-order valence-electron chi connectivity index (χ1n) is 4.11. The van der Waals surface area contributed by atoms with Crippen LogP contribution in [0.5, 0.6) is 0 Å². The molecule has 0 saturated carbocycles. The third kappa shape index (κ3) is 11.5. The Morgan fingerprint density at radius 3 is 2.33 bits per heavy atom. The summed E-state index contributed by atoms with van der Waals surface area (Å²) in [4.78, 5) is 10.9. The molecule has 0 rings (SSSR count). The van der Waals surface area contributed by atoms with Crippen LogP contribution in [0.4, 0.5) is 0 Å². The summed E-state index contributed by atoms with van der Waals surface area (Å²) >= 11 is 0. The standard InChI is InChI=1S/C6H13N2O5P2/c1-14(10)12-4-3-7-8-6(9)5-13-15(2)11/h7H,3-5H2,1-2H3/q+1/p+1. The fourth-order valence-electron chi connectivity index (χ4n) is 0.572. The largest absolute Gasteiger partial charge is 0.505 e. The second kappa shape index (κ2) is 8.83. The molecule has 2 atom stereocenters. The zero-order valence-corrected chi connectivity index (χ0v) is 10.3. The molecule has 0 aliphatic heterocycles. The summed E-state index contributed by atoms with van der Waals surface area (Å²) < 4.78 is 30.3. The minimum Gasteiger partial charge on any atom is -0.289 e. The minimum atomic E-state index is -1.77. The first kappa shape index (κ1) is 14.6. The lowest BCUT2D eigenvalue weighted by Crippen LogP contribution is -2.40. The quantitative estimate of drug-likeness (QED) is 0.370. The molecule has 1 amide bonds. The number of hydrogen-bond acceptors (Lipinski definition) is 6. The van der Waals surface area contributed by atoms with Crippen LogP contribution in [0.2, 0.25) is 0 Å². The highest BCUT2D eigenvalue weighted by molar-refractivity contribution is 7.38. The summed E-state index contributed by atoms with van der Waals surface area (Å²) in [5.41, 5.74) is 4.83. The second-order valence-corrected chi connectivity index (χ2v) is 4.74. The van der Waals surface area contributed by atoms with Crippen molar-refractivity contribution in [3.63, 3.8) is 0 Å². The lowest BCUT2D eigenvalue weighted by atomic mass is 10.7. The van der Waals surface area contributed by atoms with E-state index in [-0.39, 0.29) is 13.2 Å². The van der Waals surface area contributed by atoms with E-state index in [0.717, 1.165) is 0 Å². The Morgan fingerprint density at radius 1 is 1.20 bits per heavy atom. The SMILES string of the molecule is C[P+](=O)OCCNNC(=O)CO[P+](C)=O. The van der Waals surface area contributed by atoms with Gasteiger partial charge < -0.3 is 0 Å². The number of nitrogens with one attached hydrogen (secondary N) is 2. The van der Waals surface area contributed by atoms with Gasteiger partial charge in [-0.15, -0.1) is 9.05 Å². The van der Waals surface area contributed by atoms with E-state index in [2.05, 4.69) is 15.4 Å². The molecule has 0 heterocycles. The second-order valence-electron chi connectivity index (χ2n) is 2.46. The summed E-state index contributed by atoms with van der Waals surface area (Å²) in [6.45, 7) is 3.11. The normalized spacial score (nSPS) is 12.1. The maximum absolute atomic E-state index is 10.9. The van der Waals surface area contributed by atoms with Crippen molar-refractivity contribution in [2.24, 2.45) is 0 Å². The topological polar surface area (TPSA) is 93.7 Å². The van der Waals surface area contributed by atoms with E-state index in [1.807, 2.05) is 0 Å². The predicted molar refractivity (Wildman–Crippen MR) is 55.1 cm³/mol. The van der Waals surface area contributed by atoms with Gasteiger partial charge in [0.1, 0.15) is 6.61 Å². The van der Waals surface area contributed by atoms with Gasteiger partial charge in [-0.1, -0.05) is 0 Å². The van der Waals surface area contributed by atoms with Crippen LogP contribution in [-0.2, 0) is 23.0 Å². The van der Waals surface area contributed by atoms with E-state index in [1.165, 1.54) is 13.3 Å². The van der Waals surface area contributed by atoms with Gasteiger partial charge >= 0.3 is 16.1 Å². The highest BCUT2D eigenvalue weighted by Gasteiger charge is 2.11. The Bertz CT molecular complexity index is 248. The molecular formula is C6H14N2O5P2+2. The molecule has 2 unspecified atom stereocenters. The monoisotopic (exact) mass is 256 g/mol. The van der Waals surface area contributed by atoms with Crippen LogP contribution in [0.1, 0.15) is 0 Å². The van der Waals surface area contributed by atoms with E-state index in [4.69, 9.17) is 4.52 Å². The summed E-state index contributed by atoms with van der Waals surface area (Å²) in [5.74, 6) is -0.430. The number of carbonyl (C=O) groups excluding carboxylic acids is 1. The number of carbonyl (C=O) groups is 1. The molecular weight excluding hydrogens is 242 g/mol. The van der Waals surface area contributed by atoms with Crippen molar-refractivity contribution in [1.82, 2.24) is 10.9 Å². The molecule has 0 radical (unpaired) electrons. The maximum Gasteiger partial charge on any atom is 0.505 e. The van der Waals surface area contributed by atoms with Crippen molar-refractivity contribution in [1.29, 1.82) is 0 Å². The Hall–Kier alpha value is -0.450. The summed E-state index contributed by atoms with van der Waals surface area (Å²) in [7, 11) is -3.38. The Labute approximate surface area is 89.6 Å². The third-order valence-corrected chi connectivity index (χ3v) is 2.14. The zero-order valence-electron chi connectivity index (χ0n) is 8.56. The molecule has 9 heteroatoms. The zero-order chi connectivity index (χ0) is 11.7. The van der Waals surface area contributed by atoms with Gasteiger partial charge in [-0.3, -0.25) is 10.2 Å². The molecule has 15 heavy (non-hydrogen) atoms.